The van der Waals surface area contributed by atoms with Gasteiger partial charge in [0.05, 0.1) is 11.7 Å². The quantitative estimate of drug-likeness (QED) is 0.897. The molecule has 0 aliphatic heterocycles. The molecule has 94 valence electrons. The van der Waals surface area contributed by atoms with Gasteiger partial charge in [0.2, 0.25) is 0 Å². The Morgan fingerprint density at radius 3 is 2.56 bits per heavy atom. The smallest absolute Gasteiger partial charge is 0.125 e. The van der Waals surface area contributed by atoms with Gasteiger partial charge in [-0.25, -0.2) is 9.97 Å². The van der Waals surface area contributed by atoms with E-state index in [1.807, 2.05) is 26.2 Å². The molecule has 0 saturated carbocycles. The monoisotopic (exact) mass is 241 g/mol. The molecule has 3 heteroatoms. The molecule has 1 aromatic heterocycles. The van der Waals surface area contributed by atoms with Crippen LogP contribution in [0.5, 0.6) is 0 Å². The van der Waals surface area contributed by atoms with E-state index in [2.05, 4.69) is 47.3 Å². The number of aromatic nitrogens is 2. The second kappa shape index (κ2) is 5.27. The highest BCUT2D eigenvalue weighted by atomic mass is 14.9. The van der Waals surface area contributed by atoms with Crippen LogP contribution in [0.4, 0.5) is 0 Å². The van der Waals surface area contributed by atoms with Gasteiger partial charge in [-0.05, 0) is 50.6 Å². The number of hydrogen-bond donors (Lipinski definition) is 1. The Morgan fingerprint density at radius 1 is 1.11 bits per heavy atom. The summed E-state index contributed by atoms with van der Waals surface area (Å²) in [6.45, 7) is 6.21. The van der Waals surface area contributed by atoms with Crippen molar-refractivity contribution in [2.24, 2.45) is 0 Å². The zero-order chi connectivity index (χ0) is 13.1. The number of nitrogens with one attached hydrogen (secondary N) is 1. The molecule has 0 fully saturated rings. The third-order valence-electron chi connectivity index (χ3n) is 3.34. The van der Waals surface area contributed by atoms with Crippen LogP contribution in [0.15, 0.2) is 30.5 Å². The molecule has 0 aliphatic rings. The highest BCUT2D eigenvalue weighted by Gasteiger charge is 2.16. The Morgan fingerprint density at radius 2 is 1.89 bits per heavy atom. The summed E-state index contributed by atoms with van der Waals surface area (Å²) in [5.41, 5.74) is 4.90. The first-order valence-electron chi connectivity index (χ1n) is 6.16. The molecular weight excluding hydrogens is 222 g/mol. The van der Waals surface area contributed by atoms with Crippen LogP contribution in [0.1, 0.15) is 34.3 Å². The molecular formula is C15H19N3. The Kier molecular flexibility index (Phi) is 3.72. The van der Waals surface area contributed by atoms with Crippen molar-refractivity contribution in [3.8, 4) is 0 Å². The zero-order valence-corrected chi connectivity index (χ0v) is 11.4. The summed E-state index contributed by atoms with van der Waals surface area (Å²) in [5.74, 6) is 0.804. The van der Waals surface area contributed by atoms with Crippen LogP contribution >= 0.6 is 0 Å². The molecule has 2 rings (SSSR count). The highest BCUT2D eigenvalue weighted by Crippen LogP contribution is 2.24. The van der Waals surface area contributed by atoms with Gasteiger partial charge in [-0.1, -0.05) is 18.2 Å². The van der Waals surface area contributed by atoms with Crippen molar-refractivity contribution in [2.75, 3.05) is 7.05 Å². The van der Waals surface area contributed by atoms with Crippen molar-refractivity contribution in [1.82, 2.24) is 15.3 Å². The number of benzene rings is 1. The summed E-state index contributed by atoms with van der Waals surface area (Å²) in [7, 11) is 1.96. The fraction of sp³-hybridized carbons (Fsp3) is 0.333. The Balaban J connectivity index is 2.49. The van der Waals surface area contributed by atoms with Gasteiger partial charge in [-0.15, -0.1) is 0 Å². The van der Waals surface area contributed by atoms with Gasteiger partial charge < -0.3 is 5.32 Å². The predicted molar refractivity (Wildman–Crippen MR) is 73.6 cm³/mol. The number of rotatable bonds is 3. The summed E-state index contributed by atoms with van der Waals surface area (Å²) >= 11 is 0. The maximum atomic E-state index is 4.52. The molecule has 0 saturated heterocycles. The van der Waals surface area contributed by atoms with Crippen LogP contribution in [-0.4, -0.2) is 17.0 Å². The summed E-state index contributed by atoms with van der Waals surface area (Å²) in [6.07, 6.45) is 1.81. The number of hydrogen-bond acceptors (Lipinski definition) is 3. The molecule has 0 spiro atoms. The molecule has 1 N–H and O–H groups in total. The minimum Gasteiger partial charge on any atom is -0.308 e. The Bertz CT molecular complexity index is 549. The molecule has 0 bridgehead atoms. The summed E-state index contributed by atoms with van der Waals surface area (Å²) < 4.78 is 0. The molecule has 3 nitrogen and oxygen atoms in total. The fourth-order valence-corrected chi connectivity index (χ4v) is 2.18. The van der Waals surface area contributed by atoms with Gasteiger partial charge in [0.1, 0.15) is 5.82 Å². The standard InChI is InChI=1S/C15H19N3/c1-10-6-5-7-13(11(10)2)15(16-4)14-8-9-17-12(3)18-14/h5-9,15-16H,1-4H3. The van der Waals surface area contributed by atoms with E-state index in [9.17, 15) is 0 Å². The molecule has 0 aliphatic carbocycles. The first-order chi connectivity index (χ1) is 8.63. The molecule has 2 aromatic rings. The lowest BCUT2D eigenvalue weighted by atomic mass is 9.95. The van der Waals surface area contributed by atoms with E-state index in [1.54, 1.807) is 0 Å². The largest absolute Gasteiger partial charge is 0.308 e. The third kappa shape index (κ3) is 2.41. The van der Waals surface area contributed by atoms with Gasteiger partial charge >= 0.3 is 0 Å². The molecule has 1 aromatic carbocycles. The topological polar surface area (TPSA) is 37.8 Å². The third-order valence-corrected chi connectivity index (χ3v) is 3.34. The van der Waals surface area contributed by atoms with Crippen LogP contribution in [0.25, 0.3) is 0 Å². The minimum absolute atomic E-state index is 0.117. The zero-order valence-electron chi connectivity index (χ0n) is 11.4. The lowest BCUT2D eigenvalue weighted by molar-refractivity contribution is 0.660. The van der Waals surface area contributed by atoms with Crippen molar-refractivity contribution in [2.45, 2.75) is 26.8 Å². The molecule has 18 heavy (non-hydrogen) atoms. The van der Waals surface area contributed by atoms with Crippen molar-refractivity contribution in [3.63, 3.8) is 0 Å². The highest BCUT2D eigenvalue weighted by molar-refractivity contribution is 5.38. The summed E-state index contributed by atoms with van der Waals surface area (Å²) in [4.78, 5) is 8.67. The number of nitrogens with zero attached hydrogens (tertiary/aromatic N) is 2. The lowest BCUT2D eigenvalue weighted by Crippen LogP contribution is -2.20. The Hall–Kier alpha value is -1.74. The molecule has 1 unspecified atom stereocenters. The van der Waals surface area contributed by atoms with E-state index in [-0.39, 0.29) is 6.04 Å². The van der Waals surface area contributed by atoms with Crippen molar-refractivity contribution in [1.29, 1.82) is 0 Å². The SMILES string of the molecule is CNC(c1ccnc(C)n1)c1cccc(C)c1C. The Labute approximate surface area is 108 Å². The maximum Gasteiger partial charge on any atom is 0.125 e. The average Bonchev–Trinajstić information content (AvgIpc) is 2.35. The number of aryl methyl sites for hydroxylation is 2. The lowest BCUT2D eigenvalue weighted by Gasteiger charge is -2.19. The van der Waals surface area contributed by atoms with E-state index in [4.69, 9.17) is 0 Å². The second-order valence-corrected chi connectivity index (χ2v) is 4.54. The van der Waals surface area contributed by atoms with Crippen LogP contribution in [-0.2, 0) is 0 Å². The van der Waals surface area contributed by atoms with Gasteiger partial charge in [0, 0.05) is 6.20 Å². The van der Waals surface area contributed by atoms with Crippen molar-refractivity contribution >= 4 is 0 Å². The van der Waals surface area contributed by atoms with Gasteiger partial charge in [0.25, 0.3) is 0 Å². The molecule has 0 amide bonds. The fourth-order valence-electron chi connectivity index (χ4n) is 2.18. The van der Waals surface area contributed by atoms with Gasteiger partial charge in [-0.3, -0.25) is 0 Å². The van der Waals surface area contributed by atoms with E-state index < -0.39 is 0 Å². The first kappa shape index (κ1) is 12.7. The van der Waals surface area contributed by atoms with Gasteiger partial charge in [0.15, 0.2) is 0 Å². The van der Waals surface area contributed by atoms with E-state index in [0.717, 1.165) is 11.5 Å². The van der Waals surface area contributed by atoms with Crippen LogP contribution in [0, 0.1) is 20.8 Å². The molecule has 1 atom stereocenters. The van der Waals surface area contributed by atoms with Gasteiger partial charge in [-0.2, -0.15) is 0 Å². The maximum absolute atomic E-state index is 4.52. The minimum atomic E-state index is 0.117. The van der Waals surface area contributed by atoms with Crippen LogP contribution < -0.4 is 5.32 Å². The van der Waals surface area contributed by atoms with Crippen LogP contribution in [0.3, 0.4) is 0 Å². The van der Waals surface area contributed by atoms with Crippen molar-refractivity contribution in [3.05, 3.63) is 58.7 Å². The van der Waals surface area contributed by atoms with E-state index in [0.29, 0.717) is 0 Å². The van der Waals surface area contributed by atoms with Crippen molar-refractivity contribution < 1.29 is 0 Å². The average molecular weight is 241 g/mol. The normalized spacial score (nSPS) is 12.4. The summed E-state index contributed by atoms with van der Waals surface area (Å²) in [6, 6.07) is 8.47. The summed E-state index contributed by atoms with van der Waals surface area (Å²) in [5, 5.41) is 3.34. The molecule has 1 heterocycles. The predicted octanol–water partition coefficient (Wildman–Crippen LogP) is 2.71. The van der Waals surface area contributed by atoms with E-state index in [1.165, 1.54) is 16.7 Å². The molecule has 0 radical (unpaired) electrons. The first-order valence-corrected chi connectivity index (χ1v) is 6.16. The van der Waals surface area contributed by atoms with E-state index >= 15 is 0 Å². The van der Waals surface area contributed by atoms with Crippen LogP contribution in [0.2, 0.25) is 0 Å². The second-order valence-electron chi connectivity index (χ2n) is 4.54.